The first-order chi connectivity index (χ1) is 14.0. The van der Waals surface area contributed by atoms with Crippen LogP contribution in [-0.4, -0.2) is 51.9 Å². The van der Waals surface area contributed by atoms with E-state index < -0.39 is 4.87 Å². The van der Waals surface area contributed by atoms with E-state index in [4.69, 9.17) is 4.99 Å². The zero-order valence-electron chi connectivity index (χ0n) is 16.3. The summed E-state index contributed by atoms with van der Waals surface area (Å²) < 4.78 is 2.16. The van der Waals surface area contributed by atoms with Crippen molar-refractivity contribution in [2.75, 3.05) is 6.26 Å². The molecule has 1 atom stereocenters. The molecule has 1 unspecified atom stereocenters. The van der Waals surface area contributed by atoms with Crippen LogP contribution in [0.15, 0.2) is 58.3 Å². The minimum absolute atomic E-state index is 0.513. The fraction of sp³-hybridized carbons (Fsp3) is 0.278. The summed E-state index contributed by atoms with van der Waals surface area (Å²) in [6.45, 7) is 8.63. The quantitative estimate of drug-likeness (QED) is 0.518. The van der Waals surface area contributed by atoms with Crippen LogP contribution in [0.1, 0.15) is 19.7 Å². The number of hydrogen-bond acceptors (Lipinski definition) is 8. The van der Waals surface area contributed by atoms with Crippen LogP contribution in [-0.2, 0) is 6.54 Å². The fourth-order valence-corrected chi connectivity index (χ4v) is 4.50. The molecule has 1 aliphatic heterocycles. The molecule has 150 valence electrons. The number of nitrogens with one attached hydrogen (secondary N) is 3. The second kappa shape index (κ2) is 7.91. The summed E-state index contributed by atoms with van der Waals surface area (Å²) in [4.78, 5) is 13.4. The molecule has 3 aromatic heterocycles. The van der Waals surface area contributed by atoms with E-state index in [9.17, 15) is 0 Å². The minimum Gasteiger partial charge on any atom is -0.332 e. The lowest BCUT2D eigenvalue weighted by Gasteiger charge is -2.31. The van der Waals surface area contributed by atoms with Gasteiger partial charge in [0.25, 0.3) is 0 Å². The van der Waals surface area contributed by atoms with Crippen molar-refractivity contribution < 1.29 is 0 Å². The van der Waals surface area contributed by atoms with E-state index >= 15 is 0 Å². The van der Waals surface area contributed by atoms with Gasteiger partial charge in [0.1, 0.15) is 11.2 Å². The number of aromatic amines is 2. The van der Waals surface area contributed by atoms with Gasteiger partial charge in [-0.15, -0.1) is 11.8 Å². The molecule has 4 heterocycles. The second-order valence-corrected chi connectivity index (χ2v) is 9.07. The number of imidazole rings is 1. The van der Waals surface area contributed by atoms with Gasteiger partial charge in [0.15, 0.2) is 16.8 Å². The molecule has 4 rings (SSSR count). The molecular weight excluding hydrogens is 406 g/mol. The predicted octanol–water partition coefficient (Wildman–Crippen LogP) is 3.03. The summed E-state index contributed by atoms with van der Waals surface area (Å²) in [6, 6.07) is 0. The number of rotatable bonds is 6. The Morgan fingerprint density at radius 2 is 2.21 bits per heavy atom. The highest BCUT2D eigenvalue weighted by atomic mass is 32.2. The molecule has 11 heteroatoms. The lowest BCUT2D eigenvalue weighted by Crippen LogP contribution is -2.39. The van der Waals surface area contributed by atoms with Gasteiger partial charge in [-0.3, -0.25) is 10.2 Å². The van der Waals surface area contributed by atoms with Crippen molar-refractivity contribution in [2.45, 2.75) is 30.4 Å². The van der Waals surface area contributed by atoms with Crippen molar-refractivity contribution in [2.24, 2.45) is 4.99 Å². The third kappa shape index (κ3) is 4.15. The first-order valence-corrected chi connectivity index (χ1v) is 10.9. The molecule has 0 bridgehead atoms. The van der Waals surface area contributed by atoms with Crippen molar-refractivity contribution in [3.63, 3.8) is 0 Å². The molecule has 0 saturated heterocycles. The number of thioether (sulfide) groups is 2. The Morgan fingerprint density at radius 1 is 1.34 bits per heavy atom. The Labute approximate surface area is 176 Å². The molecule has 9 nitrogen and oxygen atoms in total. The Hall–Kier alpha value is -2.79. The molecule has 0 fully saturated rings. The average molecular weight is 428 g/mol. The molecule has 0 spiro atoms. The standard InChI is InChI=1S/C18H21N9S2/c1-11(2)5-14(28-4)24-15-16-19-8-13(12-6-21-22-7-12)27(16)9-18(3,25-15)29-17-20-10-23-26-17/h5-8,10H,1,9H2,2-4H3,(H,21,22)(H,24,25)(H,20,23,26)/b14-5-. The molecule has 29 heavy (non-hydrogen) atoms. The first-order valence-electron chi connectivity index (χ1n) is 8.85. The summed E-state index contributed by atoms with van der Waals surface area (Å²) in [5, 5.41) is 18.9. The summed E-state index contributed by atoms with van der Waals surface area (Å²) in [5.41, 5.74) is 2.90. The van der Waals surface area contributed by atoms with Crippen LogP contribution in [0, 0.1) is 0 Å². The molecule has 0 amide bonds. The summed E-state index contributed by atoms with van der Waals surface area (Å²) in [5.74, 6) is 1.47. The molecule has 3 aromatic rings. The van der Waals surface area contributed by atoms with E-state index in [2.05, 4.69) is 53.7 Å². The SMILES string of the molecule is C=C(C)/C=C(/NC1=NC(C)(Sc2ncn[nH]2)Cn2c(-c3cn[nH]c3)cnc21)SC. The van der Waals surface area contributed by atoms with Crippen LogP contribution < -0.4 is 5.32 Å². The van der Waals surface area contributed by atoms with Crippen molar-refractivity contribution in [3.8, 4) is 11.3 Å². The maximum Gasteiger partial charge on any atom is 0.185 e. The number of fused-ring (bicyclic) bond motifs is 1. The van der Waals surface area contributed by atoms with Gasteiger partial charge >= 0.3 is 0 Å². The lowest BCUT2D eigenvalue weighted by atomic mass is 10.2. The number of H-pyrrole nitrogens is 2. The molecule has 3 N–H and O–H groups in total. The molecule has 0 saturated carbocycles. The molecule has 0 aliphatic carbocycles. The van der Waals surface area contributed by atoms with Gasteiger partial charge in [-0.2, -0.15) is 10.2 Å². The number of amidine groups is 1. The number of aromatic nitrogens is 7. The van der Waals surface area contributed by atoms with Crippen LogP contribution in [0.2, 0.25) is 0 Å². The van der Waals surface area contributed by atoms with Crippen molar-refractivity contribution >= 4 is 29.4 Å². The van der Waals surface area contributed by atoms with Gasteiger partial charge in [0, 0.05) is 11.8 Å². The average Bonchev–Trinajstić information content (AvgIpc) is 3.41. The Morgan fingerprint density at radius 3 is 2.86 bits per heavy atom. The van der Waals surface area contributed by atoms with Crippen LogP contribution in [0.3, 0.4) is 0 Å². The van der Waals surface area contributed by atoms with Crippen molar-refractivity contribution in [1.82, 2.24) is 40.2 Å². The Balaban J connectivity index is 1.77. The van der Waals surface area contributed by atoms with Crippen LogP contribution >= 0.6 is 23.5 Å². The third-order valence-corrected chi connectivity index (χ3v) is 5.92. The molecule has 1 aliphatic rings. The topological polar surface area (TPSA) is 112 Å². The summed E-state index contributed by atoms with van der Waals surface area (Å²) in [7, 11) is 0. The van der Waals surface area contributed by atoms with Gasteiger partial charge in [0.05, 0.1) is 29.7 Å². The minimum atomic E-state index is -0.513. The third-order valence-electron chi connectivity index (χ3n) is 4.21. The highest BCUT2D eigenvalue weighted by Crippen LogP contribution is 2.38. The van der Waals surface area contributed by atoms with E-state index in [1.807, 2.05) is 31.6 Å². The zero-order chi connectivity index (χ0) is 20.4. The molecule has 0 aromatic carbocycles. The highest BCUT2D eigenvalue weighted by Gasteiger charge is 2.35. The van der Waals surface area contributed by atoms with Gasteiger partial charge < -0.3 is 9.88 Å². The normalized spacial score (nSPS) is 19.0. The van der Waals surface area contributed by atoms with Crippen molar-refractivity contribution in [1.29, 1.82) is 0 Å². The Kier molecular flexibility index (Phi) is 5.33. The number of aliphatic imine (C=N–C) groups is 1. The number of nitrogens with zero attached hydrogens (tertiary/aromatic N) is 6. The number of hydrogen-bond donors (Lipinski definition) is 3. The van der Waals surface area contributed by atoms with E-state index in [0.717, 1.165) is 27.7 Å². The number of allylic oxidation sites excluding steroid dienone is 2. The summed E-state index contributed by atoms with van der Waals surface area (Å²) in [6.07, 6.45) is 11.0. The highest BCUT2D eigenvalue weighted by molar-refractivity contribution is 8.02. The predicted molar refractivity (Wildman–Crippen MR) is 117 cm³/mol. The van der Waals surface area contributed by atoms with Crippen LogP contribution in [0.5, 0.6) is 0 Å². The van der Waals surface area contributed by atoms with E-state index in [0.29, 0.717) is 17.5 Å². The van der Waals surface area contributed by atoms with E-state index in [1.165, 1.54) is 18.1 Å². The van der Waals surface area contributed by atoms with Gasteiger partial charge in [-0.1, -0.05) is 23.9 Å². The molecular formula is C18H21N9S2. The lowest BCUT2D eigenvalue weighted by molar-refractivity contribution is 0.527. The van der Waals surface area contributed by atoms with E-state index in [-0.39, 0.29) is 0 Å². The van der Waals surface area contributed by atoms with Gasteiger partial charge in [-0.05, 0) is 26.2 Å². The molecule has 0 radical (unpaired) electrons. The van der Waals surface area contributed by atoms with Crippen molar-refractivity contribution in [3.05, 3.63) is 54.0 Å². The van der Waals surface area contributed by atoms with Crippen LogP contribution in [0.4, 0.5) is 0 Å². The monoisotopic (exact) mass is 427 g/mol. The smallest absolute Gasteiger partial charge is 0.185 e. The first kappa shape index (κ1) is 19.5. The zero-order valence-corrected chi connectivity index (χ0v) is 17.9. The van der Waals surface area contributed by atoms with E-state index in [1.54, 1.807) is 18.0 Å². The second-order valence-electron chi connectivity index (χ2n) is 6.75. The Bertz CT molecular complexity index is 1060. The fourth-order valence-electron chi connectivity index (χ4n) is 3.04. The van der Waals surface area contributed by atoms with Gasteiger partial charge in [0.2, 0.25) is 0 Å². The largest absolute Gasteiger partial charge is 0.332 e. The maximum atomic E-state index is 5.01. The summed E-state index contributed by atoms with van der Waals surface area (Å²) >= 11 is 3.12. The van der Waals surface area contributed by atoms with Gasteiger partial charge in [-0.25, -0.2) is 15.0 Å². The maximum absolute atomic E-state index is 5.01. The van der Waals surface area contributed by atoms with Crippen LogP contribution in [0.25, 0.3) is 11.3 Å².